The molecule has 5 heteroatoms. The van der Waals surface area contributed by atoms with Gasteiger partial charge in [0.2, 0.25) is 5.91 Å². The van der Waals surface area contributed by atoms with E-state index in [1.807, 2.05) is 48.5 Å². The van der Waals surface area contributed by atoms with Crippen LogP contribution >= 0.6 is 0 Å². The number of hydrogen-bond acceptors (Lipinski definition) is 3. The number of ether oxygens (including phenoxy) is 1. The van der Waals surface area contributed by atoms with Crippen LogP contribution in [0.4, 0.5) is 4.79 Å². The molecule has 1 aliphatic carbocycles. The second-order valence-electron chi connectivity index (χ2n) is 8.59. The van der Waals surface area contributed by atoms with Crippen LogP contribution in [0.3, 0.4) is 0 Å². The number of fused-ring (bicyclic) bond motifs is 1. The van der Waals surface area contributed by atoms with E-state index in [0.29, 0.717) is 13.1 Å². The molecule has 1 saturated carbocycles. The standard InChI is InChI=1S/C16H28N2O3/c1-14(2,3)17-12(19)16(7)10-8-18(9-11(10)16)13(20)21-15(4,5)6/h10-11H,8-9H2,1-7H3,(H,17,19)/t10-,11+,16?. The first-order valence-corrected chi connectivity index (χ1v) is 7.65. The number of nitrogens with zero attached hydrogens (tertiary/aromatic N) is 1. The van der Waals surface area contributed by atoms with Crippen LogP contribution in [0.5, 0.6) is 0 Å². The van der Waals surface area contributed by atoms with Crippen molar-refractivity contribution in [3.63, 3.8) is 0 Å². The lowest BCUT2D eigenvalue weighted by Gasteiger charge is -2.29. The van der Waals surface area contributed by atoms with Crippen LogP contribution < -0.4 is 5.32 Å². The highest BCUT2D eigenvalue weighted by atomic mass is 16.6. The SMILES string of the molecule is CC(C)(C)NC(=O)C1(C)[C@@H]2CN(C(=O)OC(C)(C)C)C[C@@H]21. The van der Waals surface area contributed by atoms with E-state index in [2.05, 4.69) is 5.32 Å². The zero-order valence-electron chi connectivity index (χ0n) is 14.2. The molecule has 1 saturated heterocycles. The molecule has 5 nitrogen and oxygen atoms in total. The van der Waals surface area contributed by atoms with Crippen LogP contribution in [0.25, 0.3) is 0 Å². The molecule has 0 aromatic rings. The Bertz CT molecular complexity index is 447. The van der Waals surface area contributed by atoms with E-state index in [9.17, 15) is 9.59 Å². The van der Waals surface area contributed by atoms with Gasteiger partial charge >= 0.3 is 6.09 Å². The molecule has 0 aromatic heterocycles. The molecule has 3 atom stereocenters. The molecule has 1 unspecified atom stereocenters. The van der Waals surface area contributed by atoms with Gasteiger partial charge in [0.05, 0.1) is 5.41 Å². The van der Waals surface area contributed by atoms with Gasteiger partial charge in [0.25, 0.3) is 0 Å². The molecule has 2 aliphatic rings. The summed E-state index contributed by atoms with van der Waals surface area (Å²) >= 11 is 0. The molecule has 2 fully saturated rings. The summed E-state index contributed by atoms with van der Waals surface area (Å²) in [7, 11) is 0. The van der Waals surface area contributed by atoms with Crippen molar-refractivity contribution in [3.8, 4) is 0 Å². The van der Waals surface area contributed by atoms with Gasteiger partial charge in [-0.15, -0.1) is 0 Å². The van der Waals surface area contributed by atoms with Crippen molar-refractivity contribution in [2.45, 2.75) is 59.6 Å². The first-order valence-electron chi connectivity index (χ1n) is 7.65. The number of rotatable bonds is 1. The molecule has 0 radical (unpaired) electrons. The number of carbonyl (C=O) groups is 2. The first kappa shape index (κ1) is 16.1. The van der Waals surface area contributed by atoms with Crippen LogP contribution in [0.15, 0.2) is 0 Å². The Morgan fingerprint density at radius 2 is 1.57 bits per heavy atom. The fourth-order valence-electron chi connectivity index (χ4n) is 3.17. The lowest BCUT2D eigenvalue weighted by molar-refractivity contribution is -0.128. The van der Waals surface area contributed by atoms with Crippen molar-refractivity contribution in [1.82, 2.24) is 10.2 Å². The molecule has 120 valence electrons. The quantitative estimate of drug-likeness (QED) is 0.808. The summed E-state index contributed by atoms with van der Waals surface area (Å²) in [5.74, 6) is 0.619. The normalized spacial score (nSPS) is 31.7. The van der Waals surface area contributed by atoms with Gasteiger partial charge < -0.3 is 15.0 Å². The Morgan fingerprint density at radius 3 is 1.95 bits per heavy atom. The molecule has 0 bridgehead atoms. The largest absolute Gasteiger partial charge is 0.444 e. The summed E-state index contributed by atoms with van der Waals surface area (Å²) < 4.78 is 5.39. The van der Waals surface area contributed by atoms with Gasteiger partial charge in [0.1, 0.15) is 5.60 Å². The van der Waals surface area contributed by atoms with Crippen molar-refractivity contribution in [3.05, 3.63) is 0 Å². The Hall–Kier alpha value is -1.26. The van der Waals surface area contributed by atoms with Gasteiger partial charge in [0.15, 0.2) is 0 Å². The molecular weight excluding hydrogens is 268 g/mol. The zero-order chi connectivity index (χ0) is 16.2. The van der Waals surface area contributed by atoms with E-state index in [1.54, 1.807) is 4.90 Å². The molecule has 1 heterocycles. The average molecular weight is 296 g/mol. The lowest BCUT2D eigenvalue weighted by atomic mass is 9.99. The summed E-state index contributed by atoms with van der Waals surface area (Å²) in [5, 5.41) is 3.06. The number of likely N-dealkylation sites (tertiary alicyclic amines) is 1. The van der Waals surface area contributed by atoms with Gasteiger partial charge in [-0.05, 0) is 53.4 Å². The van der Waals surface area contributed by atoms with Crippen molar-refractivity contribution >= 4 is 12.0 Å². The molecule has 2 rings (SSSR count). The summed E-state index contributed by atoms with van der Waals surface area (Å²) in [6.45, 7) is 14.8. The minimum Gasteiger partial charge on any atom is -0.444 e. The molecule has 1 N–H and O–H groups in total. The summed E-state index contributed by atoms with van der Waals surface area (Å²) in [5.41, 5.74) is -1.02. The van der Waals surface area contributed by atoms with Gasteiger partial charge in [-0.1, -0.05) is 6.92 Å². The minimum absolute atomic E-state index is 0.105. The minimum atomic E-state index is -0.475. The zero-order valence-corrected chi connectivity index (χ0v) is 14.2. The molecule has 0 aromatic carbocycles. The maximum atomic E-state index is 12.4. The van der Waals surface area contributed by atoms with Crippen molar-refractivity contribution < 1.29 is 14.3 Å². The second kappa shape index (κ2) is 4.62. The van der Waals surface area contributed by atoms with Crippen molar-refractivity contribution in [2.24, 2.45) is 17.3 Å². The number of piperidine rings is 1. The topological polar surface area (TPSA) is 58.6 Å². The van der Waals surface area contributed by atoms with E-state index in [4.69, 9.17) is 4.74 Å². The highest BCUT2D eigenvalue weighted by Crippen LogP contribution is 2.62. The molecule has 21 heavy (non-hydrogen) atoms. The van der Waals surface area contributed by atoms with Crippen LogP contribution in [0.2, 0.25) is 0 Å². The van der Waals surface area contributed by atoms with E-state index in [0.717, 1.165) is 0 Å². The maximum absolute atomic E-state index is 12.4. The molecule has 2 amide bonds. The monoisotopic (exact) mass is 296 g/mol. The smallest absolute Gasteiger partial charge is 0.410 e. The van der Waals surface area contributed by atoms with Crippen molar-refractivity contribution in [2.75, 3.05) is 13.1 Å². The summed E-state index contributed by atoms with van der Waals surface area (Å²) in [4.78, 5) is 26.2. The third-order valence-electron chi connectivity index (χ3n) is 4.38. The number of carbonyl (C=O) groups excluding carboxylic acids is 2. The molecule has 1 aliphatic heterocycles. The third-order valence-corrected chi connectivity index (χ3v) is 4.38. The predicted octanol–water partition coefficient (Wildman–Crippen LogP) is 2.40. The molecule has 0 spiro atoms. The lowest BCUT2D eigenvalue weighted by Crippen LogP contribution is -2.47. The van der Waals surface area contributed by atoms with E-state index < -0.39 is 5.60 Å². The summed E-state index contributed by atoms with van der Waals surface area (Å²) in [6, 6.07) is 0. The van der Waals surface area contributed by atoms with Crippen LogP contribution in [0, 0.1) is 17.3 Å². The van der Waals surface area contributed by atoms with E-state index >= 15 is 0 Å². The molecular formula is C16H28N2O3. The van der Waals surface area contributed by atoms with Crippen molar-refractivity contribution in [1.29, 1.82) is 0 Å². The highest BCUT2D eigenvalue weighted by molar-refractivity contribution is 5.87. The Kier molecular flexibility index (Phi) is 3.54. The maximum Gasteiger partial charge on any atom is 0.410 e. The highest BCUT2D eigenvalue weighted by Gasteiger charge is 2.70. The Labute approximate surface area is 127 Å². The average Bonchev–Trinajstić information content (AvgIpc) is 2.68. The van der Waals surface area contributed by atoms with Gasteiger partial charge in [-0.3, -0.25) is 4.79 Å². The third kappa shape index (κ3) is 3.16. The van der Waals surface area contributed by atoms with Gasteiger partial charge in [-0.2, -0.15) is 0 Å². The first-order chi connectivity index (χ1) is 9.34. The van der Waals surface area contributed by atoms with Gasteiger partial charge in [0, 0.05) is 18.6 Å². The van der Waals surface area contributed by atoms with E-state index in [-0.39, 0.29) is 34.8 Å². The Morgan fingerprint density at radius 1 is 1.10 bits per heavy atom. The number of nitrogens with one attached hydrogen (secondary N) is 1. The Balaban J connectivity index is 1.92. The fraction of sp³-hybridized carbons (Fsp3) is 0.875. The predicted molar refractivity (Wildman–Crippen MR) is 80.8 cm³/mol. The summed E-state index contributed by atoms with van der Waals surface area (Å²) in [6.07, 6.45) is -0.270. The number of amides is 2. The second-order valence-corrected chi connectivity index (χ2v) is 8.59. The number of hydrogen-bond donors (Lipinski definition) is 1. The van der Waals surface area contributed by atoms with E-state index in [1.165, 1.54) is 0 Å². The van der Waals surface area contributed by atoms with Crippen LogP contribution in [-0.4, -0.2) is 41.1 Å². The van der Waals surface area contributed by atoms with Crippen LogP contribution in [0.1, 0.15) is 48.5 Å². The van der Waals surface area contributed by atoms with Gasteiger partial charge in [-0.25, -0.2) is 4.79 Å². The fourth-order valence-corrected chi connectivity index (χ4v) is 3.17. The van der Waals surface area contributed by atoms with Crippen LogP contribution in [-0.2, 0) is 9.53 Å².